The Bertz CT molecular complexity index is 629. The smallest absolute Gasteiger partial charge is 0.231 e. The number of aliphatic hydroxyl groups is 1. The topological polar surface area (TPSA) is 41.9 Å². The van der Waals surface area contributed by atoms with Gasteiger partial charge in [-0.05, 0) is 37.2 Å². The third kappa shape index (κ3) is 3.08. The Morgan fingerprint density at radius 1 is 1.09 bits per heavy atom. The minimum Gasteiger partial charge on any atom is -0.454 e. The number of nitrogens with zero attached hydrogens (tertiary/aromatic N) is 1. The van der Waals surface area contributed by atoms with Gasteiger partial charge in [0.05, 0.1) is 6.10 Å². The van der Waals surface area contributed by atoms with Crippen LogP contribution in [-0.2, 0) is 6.54 Å². The van der Waals surface area contributed by atoms with Crippen molar-refractivity contribution in [3.8, 4) is 11.5 Å². The van der Waals surface area contributed by atoms with Gasteiger partial charge in [-0.15, -0.1) is 0 Å². The molecule has 2 aromatic rings. The van der Waals surface area contributed by atoms with E-state index in [-0.39, 0.29) is 12.8 Å². The van der Waals surface area contributed by atoms with Gasteiger partial charge in [0.1, 0.15) is 0 Å². The molecule has 3 rings (SSSR count). The van der Waals surface area contributed by atoms with Crippen molar-refractivity contribution in [2.75, 3.05) is 13.8 Å². The quantitative estimate of drug-likeness (QED) is 0.921. The Morgan fingerprint density at radius 2 is 1.82 bits per heavy atom. The fraction of sp³-hybridized carbons (Fsp3) is 0.333. The van der Waals surface area contributed by atoms with Crippen molar-refractivity contribution in [1.29, 1.82) is 0 Å². The van der Waals surface area contributed by atoms with Crippen molar-refractivity contribution in [1.82, 2.24) is 4.90 Å². The molecule has 2 atom stereocenters. The standard InChI is InChI=1S/C18H21NO3/c1-13(19(2)11-14-6-4-3-5-7-14)18(20)15-8-9-16-17(10-15)22-12-21-16/h3-10,13,18,20H,11-12H2,1-2H3/t13-,18+/m0/s1. The van der Waals surface area contributed by atoms with Crippen LogP contribution in [-0.4, -0.2) is 29.9 Å². The number of likely N-dealkylation sites (N-methyl/N-ethyl adjacent to an activating group) is 1. The zero-order valence-corrected chi connectivity index (χ0v) is 12.9. The molecule has 2 aromatic carbocycles. The number of benzene rings is 2. The van der Waals surface area contributed by atoms with Crippen LogP contribution in [0.15, 0.2) is 48.5 Å². The summed E-state index contributed by atoms with van der Waals surface area (Å²) in [4.78, 5) is 2.14. The van der Waals surface area contributed by atoms with Crippen molar-refractivity contribution in [3.63, 3.8) is 0 Å². The Labute approximate surface area is 130 Å². The molecule has 0 aliphatic carbocycles. The lowest BCUT2D eigenvalue weighted by atomic mass is 10.0. The monoisotopic (exact) mass is 299 g/mol. The number of fused-ring (bicyclic) bond motifs is 1. The molecule has 1 aliphatic heterocycles. The van der Waals surface area contributed by atoms with Crippen LogP contribution < -0.4 is 9.47 Å². The molecule has 22 heavy (non-hydrogen) atoms. The maximum atomic E-state index is 10.6. The third-order valence-corrected chi connectivity index (χ3v) is 4.17. The summed E-state index contributed by atoms with van der Waals surface area (Å²) in [5.74, 6) is 1.44. The van der Waals surface area contributed by atoms with Gasteiger partial charge < -0.3 is 14.6 Å². The first kappa shape index (κ1) is 14.9. The zero-order valence-electron chi connectivity index (χ0n) is 12.9. The van der Waals surface area contributed by atoms with Gasteiger partial charge in [-0.3, -0.25) is 4.90 Å². The second kappa shape index (κ2) is 6.38. The van der Waals surface area contributed by atoms with Crippen molar-refractivity contribution < 1.29 is 14.6 Å². The highest BCUT2D eigenvalue weighted by atomic mass is 16.7. The predicted octanol–water partition coefficient (Wildman–Crippen LogP) is 2.97. The summed E-state index contributed by atoms with van der Waals surface area (Å²) >= 11 is 0. The van der Waals surface area contributed by atoms with E-state index in [9.17, 15) is 5.11 Å². The van der Waals surface area contributed by atoms with E-state index >= 15 is 0 Å². The molecule has 0 saturated carbocycles. The van der Waals surface area contributed by atoms with Crippen LogP contribution in [0.4, 0.5) is 0 Å². The Balaban J connectivity index is 1.69. The first-order valence-electron chi connectivity index (χ1n) is 7.47. The minimum absolute atomic E-state index is 0.0134. The lowest BCUT2D eigenvalue weighted by molar-refractivity contribution is 0.0687. The highest BCUT2D eigenvalue weighted by Gasteiger charge is 2.23. The lowest BCUT2D eigenvalue weighted by Crippen LogP contribution is -2.33. The van der Waals surface area contributed by atoms with E-state index in [4.69, 9.17) is 9.47 Å². The van der Waals surface area contributed by atoms with E-state index in [1.54, 1.807) is 0 Å². The van der Waals surface area contributed by atoms with E-state index in [1.165, 1.54) is 5.56 Å². The molecule has 116 valence electrons. The van der Waals surface area contributed by atoms with Crippen LogP contribution in [0, 0.1) is 0 Å². The number of rotatable bonds is 5. The van der Waals surface area contributed by atoms with Gasteiger partial charge in [0.2, 0.25) is 6.79 Å². The summed E-state index contributed by atoms with van der Waals surface area (Å²) in [7, 11) is 2.02. The van der Waals surface area contributed by atoms with Crippen molar-refractivity contribution >= 4 is 0 Å². The van der Waals surface area contributed by atoms with Crippen LogP contribution in [0.1, 0.15) is 24.2 Å². The molecular weight excluding hydrogens is 278 g/mol. The molecule has 0 aromatic heterocycles. The normalized spacial score (nSPS) is 15.8. The summed E-state index contributed by atoms with van der Waals surface area (Å²) in [6, 6.07) is 15.8. The van der Waals surface area contributed by atoms with Gasteiger partial charge in [-0.25, -0.2) is 0 Å². The van der Waals surface area contributed by atoms with E-state index in [0.717, 1.165) is 17.9 Å². The van der Waals surface area contributed by atoms with Crippen LogP contribution in [0.25, 0.3) is 0 Å². The van der Waals surface area contributed by atoms with Crippen molar-refractivity contribution in [2.45, 2.75) is 25.6 Å². The molecule has 4 heteroatoms. The minimum atomic E-state index is -0.580. The number of hydrogen-bond donors (Lipinski definition) is 1. The van der Waals surface area contributed by atoms with E-state index in [2.05, 4.69) is 17.0 Å². The van der Waals surface area contributed by atoms with E-state index < -0.39 is 6.10 Å². The van der Waals surface area contributed by atoms with Crippen molar-refractivity contribution in [3.05, 3.63) is 59.7 Å². The van der Waals surface area contributed by atoms with Gasteiger partial charge >= 0.3 is 0 Å². The largest absolute Gasteiger partial charge is 0.454 e. The molecule has 0 spiro atoms. The molecule has 1 heterocycles. The van der Waals surface area contributed by atoms with Gasteiger partial charge in [0, 0.05) is 12.6 Å². The average molecular weight is 299 g/mol. The first-order valence-corrected chi connectivity index (χ1v) is 7.47. The molecule has 0 radical (unpaired) electrons. The average Bonchev–Trinajstić information content (AvgIpc) is 3.02. The molecule has 0 fully saturated rings. The Kier molecular flexibility index (Phi) is 4.32. The first-order chi connectivity index (χ1) is 10.6. The fourth-order valence-corrected chi connectivity index (χ4v) is 2.63. The summed E-state index contributed by atoms with van der Waals surface area (Å²) in [5, 5.41) is 10.6. The van der Waals surface area contributed by atoms with Crippen molar-refractivity contribution in [2.24, 2.45) is 0 Å². The maximum absolute atomic E-state index is 10.6. The van der Waals surface area contributed by atoms with E-state index in [0.29, 0.717) is 5.75 Å². The van der Waals surface area contributed by atoms with E-state index in [1.807, 2.05) is 50.4 Å². The van der Waals surface area contributed by atoms with Crippen LogP contribution in [0.3, 0.4) is 0 Å². The van der Waals surface area contributed by atoms with Gasteiger partial charge in [-0.2, -0.15) is 0 Å². The fourth-order valence-electron chi connectivity index (χ4n) is 2.63. The van der Waals surface area contributed by atoms with Gasteiger partial charge in [0.25, 0.3) is 0 Å². The highest BCUT2D eigenvalue weighted by molar-refractivity contribution is 5.45. The second-order valence-electron chi connectivity index (χ2n) is 5.70. The molecular formula is C18H21NO3. The zero-order chi connectivity index (χ0) is 15.5. The second-order valence-corrected chi connectivity index (χ2v) is 5.70. The third-order valence-electron chi connectivity index (χ3n) is 4.17. The molecule has 4 nitrogen and oxygen atoms in total. The summed E-state index contributed by atoms with van der Waals surface area (Å²) in [5.41, 5.74) is 2.08. The predicted molar refractivity (Wildman–Crippen MR) is 84.9 cm³/mol. The Morgan fingerprint density at radius 3 is 2.59 bits per heavy atom. The molecule has 0 amide bonds. The molecule has 0 saturated heterocycles. The lowest BCUT2D eigenvalue weighted by Gasteiger charge is -2.29. The number of hydrogen-bond acceptors (Lipinski definition) is 4. The Hall–Kier alpha value is -2.04. The number of aliphatic hydroxyl groups excluding tert-OH is 1. The van der Waals surface area contributed by atoms with Crippen LogP contribution in [0.5, 0.6) is 11.5 Å². The molecule has 0 unspecified atom stereocenters. The summed E-state index contributed by atoms with van der Waals surface area (Å²) in [6.07, 6.45) is -0.580. The summed E-state index contributed by atoms with van der Waals surface area (Å²) in [6.45, 7) is 3.07. The highest BCUT2D eigenvalue weighted by Crippen LogP contribution is 2.35. The summed E-state index contributed by atoms with van der Waals surface area (Å²) < 4.78 is 10.7. The van der Waals surface area contributed by atoms with Crippen LogP contribution in [0.2, 0.25) is 0 Å². The van der Waals surface area contributed by atoms with Gasteiger partial charge in [-0.1, -0.05) is 36.4 Å². The van der Waals surface area contributed by atoms with Gasteiger partial charge in [0.15, 0.2) is 11.5 Å². The number of ether oxygens (including phenoxy) is 2. The maximum Gasteiger partial charge on any atom is 0.231 e. The van der Waals surface area contributed by atoms with Crippen LogP contribution >= 0.6 is 0 Å². The molecule has 1 N–H and O–H groups in total. The SMILES string of the molecule is C[C@@H]([C@@H](O)c1ccc2c(c1)OCO2)N(C)Cc1ccccc1. The molecule has 0 bridgehead atoms. The molecule has 1 aliphatic rings.